The molecule has 0 aliphatic carbocycles. The minimum absolute atomic E-state index is 0.108. The molecule has 0 aromatic heterocycles. The summed E-state index contributed by atoms with van der Waals surface area (Å²) in [5.74, 6) is 4.75. The van der Waals surface area contributed by atoms with Crippen LogP contribution in [0.3, 0.4) is 0 Å². The van der Waals surface area contributed by atoms with Gasteiger partial charge in [0.15, 0.2) is 5.78 Å². The molecule has 10 heteroatoms. The molecule has 3 amide bonds. The van der Waals surface area contributed by atoms with Crippen LogP contribution in [0.5, 0.6) is 28.7 Å². The Balaban J connectivity index is 0.000000253. The van der Waals surface area contributed by atoms with Crippen LogP contribution in [-0.2, 0) is 0 Å². The molecule has 1 heterocycles. The Morgan fingerprint density at radius 2 is 0.984 bits per heavy atom. The molecular formula is C51H41N3O7. The molecule has 0 saturated heterocycles. The topological polar surface area (TPSA) is 123 Å². The zero-order chi connectivity index (χ0) is 43.0. The van der Waals surface area contributed by atoms with Gasteiger partial charge in [-0.15, -0.1) is 6.42 Å². The number of ketones is 1. The van der Waals surface area contributed by atoms with Crippen molar-refractivity contribution in [3.8, 4) is 41.1 Å². The van der Waals surface area contributed by atoms with E-state index in [1.54, 1.807) is 91.0 Å². The molecule has 0 bridgehead atoms. The van der Waals surface area contributed by atoms with Crippen LogP contribution in [0.25, 0.3) is 0 Å². The average Bonchev–Trinajstić information content (AvgIpc) is 3.53. The summed E-state index contributed by atoms with van der Waals surface area (Å²) in [7, 11) is 3.27. The van der Waals surface area contributed by atoms with Crippen molar-refractivity contribution >= 4 is 29.2 Å². The number of nitrogens with one attached hydrogen (secondary N) is 2. The Labute approximate surface area is 354 Å². The van der Waals surface area contributed by atoms with Crippen LogP contribution < -0.4 is 24.8 Å². The highest BCUT2D eigenvalue weighted by Crippen LogP contribution is 2.27. The van der Waals surface area contributed by atoms with Gasteiger partial charge in [0.1, 0.15) is 35.5 Å². The summed E-state index contributed by atoms with van der Waals surface area (Å²) < 4.78 is 17.3. The molecule has 0 spiro atoms. The number of hydrogen-bond acceptors (Lipinski definition) is 8. The summed E-state index contributed by atoms with van der Waals surface area (Å²) in [6, 6.07) is 54.2. The van der Waals surface area contributed by atoms with Crippen molar-refractivity contribution in [2.75, 3.05) is 26.1 Å². The van der Waals surface area contributed by atoms with E-state index in [4.69, 9.17) is 20.6 Å². The van der Waals surface area contributed by atoms with Crippen molar-refractivity contribution in [3.63, 3.8) is 0 Å². The quantitative estimate of drug-likeness (QED) is 0.0573. The van der Waals surface area contributed by atoms with Crippen molar-refractivity contribution in [1.29, 1.82) is 0 Å². The standard InChI is InChI=1S/C34H28N2O5.C11H7NO2.C6H6/c1-35-23-39-28-19-21-32(22-20-28)41-30-15-9-25(10-16-30)33(37)24-7-13-29(14-8-24)40-31-17-11-26(12-18-31)34(38)36-27-5-3-2-4-6-27;1-3-7-4-5-8-9(6-7)11(14)12(2)10(8)13;1-2-4-6-5-3-1/h2-22,35H,23H2,1H3,(H,36,38);1,4-6H,2H3;1-6H. The van der Waals surface area contributed by atoms with Gasteiger partial charge in [0.25, 0.3) is 17.7 Å². The largest absolute Gasteiger partial charge is 0.478 e. The first-order valence-corrected chi connectivity index (χ1v) is 19.1. The summed E-state index contributed by atoms with van der Waals surface area (Å²) in [6.07, 6.45) is 5.20. The molecule has 1 aliphatic heterocycles. The van der Waals surface area contributed by atoms with Crippen LogP contribution in [0.15, 0.2) is 182 Å². The average molecular weight is 808 g/mol. The van der Waals surface area contributed by atoms with Crippen LogP contribution in [0.1, 0.15) is 52.6 Å². The number of benzene rings is 7. The number of rotatable bonds is 11. The Morgan fingerprint density at radius 3 is 1.46 bits per heavy atom. The number of imide groups is 1. The maximum absolute atomic E-state index is 13.0. The Kier molecular flexibility index (Phi) is 14.5. The maximum Gasteiger partial charge on any atom is 0.261 e. The van der Waals surface area contributed by atoms with Crippen LogP contribution in [-0.4, -0.2) is 49.2 Å². The third kappa shape index (κ3) is 11.7. The van der Waals surface area contributed by atoms with E-state index in [0.29, 0.717) is 63.1 Å². The van der Waals surface area contributed by atoms with Gasteiger partial charge in [0.2, 0.25) is 0 Å². The summed E-state index contributed by atoms with van der Waals surface area (Å²) in [5.41, 5.74) is 3.77. The fraction of sp³-hybridized carbons (Fsp3) is 0.0588. The molecule has 7 aromatic carbocycles. The van der Waals surface area contributed by atoms with Gasteiger partial charge < -0.3 is 19.5 Å². The smallest absolute Gasteiger partial charge is 0.261 e. The van der Waals surface area contributed by atoms with Gasteiger partial charge in [-0.05, 0) is 134 Å². The third-order valence-corrected chi connectivity index (χ3v) is 8.98. The summed E-state index contributed by atoms with van der Waals surface area (Å²) in [6.45, 7) is 0.427. The van der Waals surface area contributed by atoms with Crippen molar-refractivity contribution < 1.29 is 33.4 Å². The molecule has 0 saturated carbocycles. The second-order valence-corrected chi connectivity index (χ2v) is 13.3. The van der Waals surface area contributed by atoms with Gasteiger partial charge >= 0.3 is 0 Å². The molecular weight excluding hydrogens is 767 g/mol. The van der Waals surface area contributed by atoms with Crippen molar-refractivity contribution in [3.05, 3.63) is 215 Å². The van der Waals surface area contributed by atoms with Crippen molar-refractivity contribution in [2.24, 2.45) is 0 Å². The number of ether oxygens (including phenoxy) is 3. The molecule has 0 unspecified atom stereocenters. The van der Waals surface area contributed by atoms with E-state index in [1.165, 1.54) is 7.05 Å². The van der Waals surface area contributed by atoms with Gasteiger partial charge in [0.05, 0.1) is 11.1 Å². The third-order valence-electron chi connectivity index (χ3n) is 8.98. The van der Waals surface area contributed by atoms with E-state index in [0.717, 1.165) is 16.3 Å². The van der Waals surface area contributed by atoms with Gasteiger partial charge in [-0.25, -0.2) is 0 Å². The minimum Gasteiger partial charge on any atom is -0.478 e. The molecule has 1 aliphatic rings. The van der Waals surface area contributed by atoms with Crippen LogP contribution in [0.4, 0.5) is 5.69 Å². The number of fused-ring (bicyclic) bond motifs is 1. The van der Waals surface area contributed by atoms with E-state index >= 15 is 0 Å². The number of para-hydroxylation sites is 1. The molecule has 302 valence electrons. The normalized spacial score (nSPS) is 11.1. The second-order valence-electron chi connectivity index (χ2n) is 13.3. The lowest BCUT2D eigenvalue weighted by atomic mass is 10.0. The fourth-order valence-electron chi connectivity index (χ4n) is 5.78. The molecule has 0 radical (unpaired) electrons. The molecule has 8 rings (SSSR count). The Hall–Kier alpha value is -8.26. The molecule has 10 nitrogen and oxygen atoms in total. The van der Waals surface area contributed by atoms with E-state index < -0.39 is 0 Å². The van der Waals surface area contributed by atoms with E-state index in [2.05, 4.69) is 16.6 Å². The van der Waals surface area contributed by atoms with Crippen molar-refractivity contribution in [2.45, 2.75) is 0 Å². The number of terminal acetylenes is 1. The van der Waals surface area contributed by atoms with Gasteiger partial charge in [0, 0.05) is 35.0 Å². The molecule has 2 N–H and O–H groups in total. The SMILES string of the molecule is C#Cc1ccc2c(c1)C(=O)N(C)C2=O.CNCOc1ccc(Oc2ccc(C(=O)c3ccc(Oc4ccc(C(=O)Nc5ccccc5)cc4)cc3)cc2)cc1.c1ccccc1. The number of carbonyl (C=O) groups is 4. The number of anilines is 1. The Morgan fingerprint density at radius 1 is 0.557 bits per heavy atom. The van der Waals surface area contributed by atoms with Gasteiger partial charge in [-0.3, -0.25) is 29.4 Å². The van der Waals surface area contributed by atoms with Gasteiger partial charge in [-0.1, -0.05) is 60.5 Å². The summed E-state index contributed by atoms with van der Waals surface area (Å²) in [4.78, 5) is 49.5. The van der Waals surface area contributed by atoms with Crippen LogP contribution in [0.2, 0.25) is 0 Å². The summed E-state index contributed by atoms with van der Waals surface area (Å²) >= 11 is 0. The monoisotopic (exact) mass is 807 g/mol. The Bertz CT molecular complexity index is 2580. The number of nitrogens with zero attached hydrogens (tertiary/aromatic N) is 1. The first-order valence-electron chi connectivity index (χ1n) is 19.1. The highest BCUT2D eigenvalue weighted by molar-refractivity contribution is 6.21. The lowest BCUT2D eigenvalue weighted by Gasteiger charge is -2.09. The number of carbonyl (C=O) groups excluding carboxylic acids is 4. The highest BCUT2D eigenvalue weighted by Gasteiger charge is 2.32. The second kappa shape index (κ2) is 20.9. The van der Waals surface area contributed by atoms with Crippen LogP contribution in [0, 0.1) is 12.3 Å². The summed E-state index contributed by atoms with van der Waals surface area (Å²) in [5, 5.41) is 5.78. The predicted molar refractivity (Wildman–Crippen MR) is 236 cm³/mol. The molecule has 7 aromatic rings. The molecule has 0 atom stereocenters. The van der Waals surface area contributed by atoms with Crippen LogP contribution >= 0.6 is 0 Å². The number of amides is 3. The highest BCUT2D eigenvalue weighted by atomic mass is 16.5. The zero-order valence-corrected chi connectivity index (χ0v) is 33.4. The fourth-order valence-corrected chi connectivity index (χ4v) is 5.78. The minimum atomic E-state index is -0.290. The lowest BCUT2D eigenvalue weighted by Crippen LogP contribution is -2.24. The van der Waals surface area contributed by atoms with Gasteiger partial charge in [-0.2, -0.15) is 0 Å². The molecule has 61 heavy (non-hydrogen) atoms. The van der Waals surface area contributed by atoms with E-state index in [-0.39, 0.29) is 23.5 Å². The maximum atomic E-state index is 13.0. The zero-order valence-electron chi connectivity index (χ0n) is 33.4. The van der Waals surface area contributed by atoms with E-state index in [1.807, 2.05) is 98.0 Å². The number of hydrogen-bond donors (Lipinski definition) is 2. The first kappa shape index (κ1) is 42.3. The predicted octanol–water partition coefficient (Wildman–Crippen LogP) is 9.89. The lowest BCUT2D eigenvalue weighted by molar-refractivity contribution is 0.0692. The van der Waals surface area contributed by atoms with E-state index in [9.17, 15) is 19.2 Å². The molecule has 0 fully saturated rings. The first-order chi connectivity index (χ1) is 29.7. The van der Waals surface area contributed by atoms with Crippen molar-refractivity contribution in [1.82, 2.24) is 10.2 Å².